The fraction of sp³-hybridized carbons (Fsp3) is 0.161. The van der Waals surface area contributed by atoms with E-state index in [1.807, 2.05) is 51.1 Å². The fourth-order valence-corrected chi connectivity index (χ4v) is 4.33. The van der Waals surface area contributed by atoms with Crippen LogP contribution in [0.15, 0.2) is 79.0 Å². The van der Waals surface area contributed by atoms with Gasteiger partial charge in [0.25, 0.3) is 5.91 Å². The zero-order valence-electron chi connectivity index (χ0n) is 23.2. The van der Waals surface area contributed by atoms with E-state index < -0.39 is 11.9 Å². The van der Waals surface area contributed by atoms with Gasteiger partial charge in [-0.05, 0) is 29.8 Å². The lowest BCUT2D eigenvalue weighted by Gasteiger charge is -2.14. The molecule has 0 fully saturated rings. The first-order valence-electron chi connectivity index (χ1n) is 13.1. The van der Waals surface area contributed by atoms with E-state index in [0.29, 0.717) is 39.7 Å². The van der Waals surface area contributed by atoms with Crippen molar-refractivity contribution in [3.8, 4) is 17.2 Å². The van der Waals surface area contributed by atoms with Crippen molar-refractivity contribution in [3.05, 3.63) is 101 Å². The molecule has 3 aromatic carbocycles. The van der Waals surface area contributed by atoms with E-state index >= 15 is 0 Å². The summed E-state index contributed by atoms with van der Waals surface area (Å²) in [6.45, 7) is 6.38. The Morgan fingerprint density at radius 3 is 2.45 bits per heavy atom. The molecule has 0 bridgehead atoms. The van der Waals surface area contributed by atoms with Gasteiger partial charge < -0.3 is 20.5 Å². The molecule has 0 spiro atoms. The number of nitrogens with one attached hydrogen (secondary N) is 3. The maximum Gasteiger partial charge on any atom is 0.324 e. The number of hydrogen-bond donors (Lipinski definition) is 4. The van der Waals surface area contributed by atoms with Crippen LogP contribution in [0.1, 0.15) is 42.4 Å². The smallest absolute Gasteiger partial charge is 0.324 e. The van der Waals surface area contributed by atoms with Crippen molar-refractivity contribution in [3.63, 3.8) is 0 Å². The van der Waals surface area contributed by atoms with Gasteiger partial charge in [0.15, 0.2) is 5.82 Å². The Hall–Kier alpha value is -5.09. The maximum absolute atomic E-state index is 12.5. The van der Waals surface area contributed by atoms with Crippen LogP contribution in [0.4, 0.5) is 16.3 Å². The third-order valence-corrected chi connectivity index (χ3v) is 6.66. The number of pyridine rings is 1. The molecule has 5 aromatic rings. The number of amides is 3. The number of anilines is 2. The maximum atomic E-state index is 12.5. The van der Waals surface area contributed by atoms with Gasteiger partial charge in [0.05, 0.1) is 21.8 Å². The number of ether oxygens (including phenoxy) is 2. The van der Waals surface area contributed by atoms with Gasteiger partial charge in [-0.2, -0.15) is 5.10 Å². The van der Waals surface area contributed by atoms with Crippen LogP contribution in [0.2, 0.25) is 5.02 Å². The summed E-state index contributed by atoms with van der Waals surface area (Å²) in [5.41, 5.74) is 8.51. The first-order chi connectivity index (χ1) is 20.1. The molecular weight excluding hydrogens is 556 g/mol. The summed E-state index contributed by atoms with van der Waals surface area (Å²) in [7, 11) is 0. The molecule has 0 aliphatic rings. The van der Waals surface area contributed by atoms with Gasteiger partial charge in [0.1, 0.15) is 23.9 Å². The molecule has 0 aliphatic heterocycles. The number of halogens is 1. The molecule has 0 atom stereocenters. The Balaban J connectivity index is 1.32. The summed E-state index contributed by atoms with van der Waals surface area (Å²) in [6, 6.07) is 20.6. The van der Waals surface area contributed by atoms with E-state index in [1.165, 1.54) is 0 Å². The van der Waals surface area contributed by atoms with Crippen LogP contribution < -0.4 is 25.8 Å². The molecule has 2 aromatic heterocycles. The Kier molecular flexibility index (Phi) is 7.99. The number of fused-ring (bicyclic) bond motifs is 1. The van der Waals surface area contributed by atoms with Gasteiger partial charge in [-0.25, -0.2) is 4.79 Å². The number of H-pyrrole nitrogens is 1. The van der Waals surface area contributed by atoms with E-state index in [-0.39, 0.29) is 22.6 Å². The number of nitrogens with two attached hydrogens (primary N) is 1. The van der Waals surface area contributed by atoms with Gasteiger partial charge in [-0.15, -0.1) is 0 Å². The SMILES string of the molecule is CC(C)(C)c1cc(NC(=O)Nc2ccc(Oc3ccnc4cc(OCc5ccccc5)c(C(N)=O)cc34)cc2Cl)n[nH]1. The van der Waals surface area contributed by atoms with Crippen LogP contribution >= 0.6 is 11.6 Å². The molecule has 0 unspecified atom stereocenters. The van der Waals surface area contributed by atoms with Crippen molar-refractivity contribution in [2.75, 3.05) is 10.6 Å². The average molecular weight is 585 g/mol. The lowest BCUT2D eigenvalue weighted by atomic mass is 9.92. The average Bonchev–Trinajstić information content (AvgIpc) is 3.43. The molecule has 5 rings (SSSR count). The zero-order valence-corrected chi connectivity index (χ0v) is 24.0. The first kappa shape index (κ1) is 28.4. The normalized spacial score (nSPS) is 11.2. The standard InChI is InChI=1S/C31H29ClN6O4/c1-31(2,3)27-16-28(38-37-27)36-30(40)35-23-10-9-19(13-22(23)32)42-25-11-12-34-24-15-26(21(29(33)39)14-20(24)25)41-17-18-7-5-4-6-8-18/h4-16H,17H2,1-3H3,(H2,33,39)(H3,35,36,37,38,40). The molecule has 0 saturated heterocycles. The molecular formula is C31H29ClN6O4. The molecule has 214 valence electrons. The highest BCUT2D eigenvalue weighted by atomic mass is 35.5. The third-order valence-electron chi connectivity index (χ3n) is 6.35. The lowest BCUT2D eigenvalue weighted by Crippen LogP contribution is -2.19. The Morgan fingerprint density at radius 1 is 0.976 bits per heavy atom. The van der Waals surface area contributed by atoms with Crippen LogP contribution in [0, 0.1) is 0 Å². The number of hydrogen-bond acceptors (Lipinski definition) is 6. The van der Waals surface area contributed by atoms with Crippen LogP contribution in [-0.4, -0.2) is 27.1 Å². The zero-order chi connectivity index (χ0) is 29.9. The van der Waals surface area contributed by atoms with Crippen molar-refractivity contribution in [1.29, 1.82) is 0 Å². The van der Waals surface area contributed by atoms with Crippen LogP contribution in [0.5, 0.6) is 17.2 Å². The molecule has 10 nitrogen and oxygen atoms in total. The number of carbonyl (C=O) groups excluding carboxylic acids is 2. The molecule has 5 N–H and O–H groups in total. The van der Waals surface area contributed by atoms with Crippen LogP contribution in [-0.2, 0) is 12.0 Å². The molecule has 0 aliphatic carbocycles. The Morgan fingerprint density at radius 2 is 1.76 bits per heavy atom. The summed E-state index contributed by atoms with van der Waals surface area (Å²) >= 11 is 6.46. The Labute approximate surface area is 247 Å². The van der Waals surface area contributed by atoms with Crippen LogP contribution in [0.3, 0.4) is 0 Å². The summed E-state index contributed by atoms with van der Waals surface area (Å²) in [5, 5.41) is 13.3. The first-order valence-corrected chi connectivity index (χ1v) is 13.5. The van der Waals surface area contributed by atoms with E-state index in [9.17, 15) is 9.59 Å². The highest BCUT2D eigenvalue weighted by Crippen LogP contribution is 2.35. The van der Waals surface area contributed by atoms with Crippen molar-refractivity contribution in [1.82, 2.24) is 15.2 Å². The van der Waals surface area contributed by atoms with Crippen LogP contribution in [0.25, 0.3) is 10.9 Å². The third kappa shape index (κ3) is 6.61. The molecule has 0 saturated carbocycles. The number of aromatic nitrogens is 3. The minimum atomic E-state index is -0.643. The summed E-state index contributed by atoms with van der Waals surface area (Å²) in [5.74, 6) is 0.910. The van der Waals surface area contributed by atoms with E-state index in [2.05, 4.69) is 25.8 Å². The second-order valence-electron chi connectivity index (χ2n) is 10.6. The van der Waals surface area contributed by atoms with E-state index in [1.54, 1.807) is 48.7 Å². The number of benzene rings is 3. The number of urea groups is 1. The minimum absolute atomic E-state index is 0.136. The molecule has 42 heavy (non-hydrogen) atoms. The predicted molar refractivity (Wildman–Crippen MR) is 162 cm³/mol. The topological polar surface area (TPSA) is 144 Å². The molecule has 3 amide bonds. The van der Waals surface area contributed by atoms with Gasteiger partial charge in [-0.3, -0.25) is 20.2 Å². The molecule has 2 heterocycles. The highest BCUT2D eigenvalue weighted by molar-refractivity contribution is 6.34. The van der Waals surface area contributed by atoms with Crippen molar-refractivity contribution < 1.29 is 19.1 Å². The Bertz CT molecular complexity index is 1770. The van der Waals surface area contributed by atoms with Crippen molar-refractivity contribution >= 4 is 45.9 Å². The number of rotatable bonds is 8. The van der Waals surface area contributed by atoms with Crippen molar-refractivity contribution in [2.24, 2.45) is 5.73 Å². The second-order valence-corrected chi connectivity index (χ2v) is 11.0. The van der Waals surface area contributed by atoms with Gasteiger partial charge in [-0.1, -0.05) is 62.7 Å². The molecule has 11 heteroatoms. The van der Waals surface area contributed by atoms with Gasteiger partial charge >= 0.3 is 6.03 Å². The van der Waals surface area contributed by atoms with Gasteiger partial charge in [0, 0.05) is 40.9 Å². The lowest BCUT2D eigenvalue weighted by molar-refractivity contribution is 0.0996. The quantitative estimate of drug-likeness (QED) is 0.154. The second kappa shape index (κ2) is 11.8. The van der Waals surface area contributed by atoms with Crippen molar-refractivity contribution in [2.45, 2.75) is 32.8 Å². The number of nitrogens with zero attached hydrogens (tertiary/aromatic N) is 2. The monoisotopic (exact) mass is 584 g/mol. The summed E-state index contributed by atoms with van der Waals surface area (Å²) < 4.78 is 12.0. The number of primary amides is 1. The number of aromatic amines is 1. The summed E-state index contributed by atoms with van der Waals surface area (Å²) in [6.07, 6.45) is 1.59. The van der Waals surface area contributed by atoms with E-state index in [4.69, 9.17) is 26.8 Å². The van der Waals surface area contributed by atoms with Gasteiger partial charge in [0.2, 0.25) is 0 Å². The largest absolute Gasteiger partial charge is 0.488 e. The predicted octanol–water partition coefficient (Wildman–Crippen LogP) is 7.02. The molecule has 0 radical (unpaired) electrons. The van der Waals surface area contributed by atoms with E-state index in [0.717, 1.165) is 11.3 Å². The number of carbonyl (C=O) groups is 2. The highest BCUT2D eigenvalue weighted by Gasteiger charge is 2.18. The minimum Gasteiger partial charge on any atom is -0.488 e. The fourth-order valence-electron chi connectivity index (χ4n) is 4.11. The summed E-state index contributed by atoms with van der Waals surface area (Å²) in [4.78, 5) is 29.2.